The van der Waals surface area contributed by atoms with E-state index in [0.29, 0.717) is 0 Å². The minimum atomic E-state index is -0.268. The molecule has 4 rings (SSSR count). The average molecular weight is 320 g/mol. The van der Waals surface area contributed by atoms with Crippen molar-refractivity contribution in [3.8, 4) is 0 Å². The maximum absolute atomic E-state index is 12.9. The Morgan fingerprint density at radius 1 is 1.00 bits per heavy atom. The first-order valence-corrected chi connectivity index (χ1v) is 8.94. The van der Waals surface area contributed by atoms with Gasteiger partial charge in [-0.25, -0.2) is 0 Å². The molecule has 1 N–H and O–H groups in total. The molecule has 0 aromatic heterocycles. The van der Waals surface area contributed by atoms with Crippen molar-refractivity contribution in [1.82, 2.24) is 5.32 Å². The van der Waals surface area contributed by atoms with Gasteiger partial charge in [0, 0.05) is 24.8 Å². The van der Waals surface area contributed by atoms with Crippen LogP contribution in [0, 0.1) is 0 Å². The number of piperidine rings is 1. The van der Waals surface area contributed by atoms with Crippen molar-refractivity contribution in [1.29, 1.82) is 0 Å². The predicted octanol–water partition coefficient (Wildman–Crippen LogP) is 3.50. The molecule has 1 saturated heterocycles. The van der Waals surface area contributed by atoms with E-state index in [2.05, 4.69) is 46.6 Å². The van der Waals surface area contributed by atoms with Gasteiger partial charge in [0.2, 0.25) is 5.91 Å². The fourth-order valence-electron chi connectivity index (χ4n) is 3.82. The first kappa shape index (κ1) is 15.3. The van der Waals surface area contributed by atoms with Gasteiger partial charge in [0.1, 0.15) is 0 Å². The number of hydrogen-bond donors (Lipinski definition) is 1. The second-order valence-corrected chi connectivity index (χ2v) is 7.04. The number of nitrogens with zero attached hydrogens (tertiary/aromatic N) is 1. The number of amides is 1. The van der Waals surface area contributed by atoms with Crippen molar-refractivity contribution < 1.29 is 4.79 Å². The fraction of sp³-hybridized carbons (Fsp3) is 0.381. The van der Waals surface area contributed by atoms with Gasteiger partial charge < -0.3 is 10.2 Å². The summed E-state index contributed by atoms with van der Waals surface area (Å²) in [7, 11) is 0. The molecule has 2 aliphatic rings. The molecule has 2 aromatic rings. The third-order valence-corrected chi connectivity index (χ3v) is 5.39. The Kier molecular flexibility index (Phi) is 4.01. The van der Waals surface area contributed by atoms with Gasteiger partial charge in [-0.15, -0.1) is 0 Å². The molecule has 2 aromatic carbocycles. The monoisotopic (exact) mass is 320 g/mol. The summed E-state index contributed by atoms with van der Waals surface area (Å²) in [6.45, 7) is 1.97. The third-order valence-electron chi connectivity index (χ3n) is 5.39. The van der Waals surface area contributed by atoms with E-state index in [0.717, 1.165) is 38.8 Å². The van der Waals surface area contributed by atoms with E-state index in [4.69, 9.17) is 0 Å². The topological polar surface area (TPSA) is 32.3 Å². The molecule has 1 amide bonds. The summed E-state index contributed by atoms with van der Waals surface area (Å²) in [6, 6.07) is 21.0. The van der Waals surface area contributed by atoms with Crippen LogP contribution in [0.1, 0.15) is 31.2 Å². The molecule has 2 fully saturated rings. The second-order valence-electron chi connectivity index (χ2n) is 7.04. The summed E-state index contributed by atoms with van der Waals surface area (Å²) >= 11 is 0. The van der Waals surface area contributed by atoms with Gasteiger partial charge in [-0.2, -0.15) is 0 Å². The Labute approximate surface area is 143 Å². The molecule has 124 valence electrons. The summed E-state index contributed by atoms with van der Waals surface area (Å²) < 4.78 is 0. The second kappa shape index (κ2) is 6.31. The number of carbonyl (C=O) groups is 1. The fourth-order valence-corrected chi connectivity index (χ4v) is 3.82. The molecule has 0 radical (unpaired) electrons. The van der Waals surface area contributed by atoms with Crippen LogP contribution in [0.2, 0.25) is 0 Å². The Balaban J connectivity index is 1.43. The van der Waals surface area contributed by atoms with Gasteiger partial charge in [0.25, 0.3) is 0 Å². The number of rotatable bonds is 4. The maximum atomic E-state index is 12.9. The maximum Gasteiger partial charge on any atom is 0.230 e. The molecule has 1 heterocycles. The van der Waals surface area contributed by atoms with Gasteiger partial charge in [-0.05, 0) is 43.4 Å². The molecule has 1 aliphatic carbocycles. The van der Waals surface area contributed by atoms with Crippen LogP contribution in [0.15, 0.2) is 60.7 Å². The third kappa shape index (κ3) is 2.91. The number of anilines is 1. The number of nitrogens with one attached hydrogen (secondary N) is 1. The van der Waals surface area contributed by atoms with E-state index in [1.165, 1.54) is 11.3 Å². The number of hydrogen-bond acceptors (Lipinski definition) is 2. The highest BCUT2D eigenvalue weighted by molar-refractivity contribution is 5.91. The molecule has 24 heavy (non-hydrogen) atoms. The zero-order valence-electron chi connectivity index (χ0n) is 13.9. The summed E-state index contributed by atoms with van der Waals surface area (Å²) in [5, 5.41) is 3.34. The lowest BCUT2D eigenvalue weighted by molar-refractivity contribution is -0.124. The Morgan fingerprint density at radius 2 is 1.67 bits per heavy atom. The summed E-state index contributed by atoms with van der Waals surface area (Å²) in [5.74, 6) is 0.216. The van der Waals surface area contributed by atoms with E-state index in [-0.39, 0.29) is 17.4 Å². The molecule has 0 spiro atoms. The average Bonchev–Trinajstić information content (AvgIpc) is 3.46. The van der Waals surface area contributed by atoms with Crippen LogP contribution in [0.5, 0.6) is 0 Å². The van der Waals surface area contributed by atoms with Gasteiger partial charge in [-0.3, -0.25) is 4.79 Å². The Hall–Kier alpha value is -2.29. The Morgan fingerprint density at radius 3 is 2.33 bits per heavy atom. The minimum Gasteiger partial charge on any atom is -0.369 e. The van der Waals surface area contributed by atoms with E-state index in [1.54, 1.807) is 0 Å². The van der Waals surface area contributed by atoms with Crippen molar-refractivity contribution >= 4 is 11.6 Å². The zero-order chi connectivity index (χ0) is 16.4. The highest BCUT2D eigenvalue weighted by Gasteiger charge is 2.51. The number of benzene rings is 2. The quantitative estimate of drug-likeness (QED) is 0.935. The van der Waals surface area contributed by atoms with Crippen LogP contribution in [-0.4, -0.2) is 25.0 Å². The molecule has 1 atom stereocenters. The largest absolute Gasteiger partial charge is 0.369 e. The molecule has 1 unspecified atom stereocenters. The molecular weight excluding hydrogens is 296 g/mol. The van der Waals surface area contributed by atoms with Crippen LogP contribution in [0.3, 0.4) is 0 Å². The van der Waals surface area contributed by atoms with E-state index in [1.807, 2.05) is 24.3 Å². The van der Waals surface area contributed by atoms with E-state index >= 15 is 0 Å². The van der Waals surface area contributed by atoms with Crippen LogP contribution in [0.25, 0.3) is 0 Å². The molecular formula is C21H24N2O. The summed E-state index contributed by atoms with van der Waals surface area (Å²) in [5.41, 5.74) is 2.15. The van der Waals surface area contributed by atoms with Crippen LogP contribution in [0.4, 0.5) is 5.69 Å². The lowest BCUT2D eigenvalue weighted by atomic mass is 9.94. The first-order chi connectivity index (χ1) is 11.8. The van der Waals surface area contributed by atoms with Crippen LogP contribution in [-0.2, 0) is 10.2 Å². The van der Waals surface area contributed by atoms with E-state index < -0.39 is 0 Å². The number of para-hydroxylation sites is 1. The standard InChI is InChI=1S/C21H24N2O/c24-20(21(13-14-21)17-8-3-1-4-9-17)22-18-10-7-15-23(16-18)19-11-5-2-6-12-19/h1-6,8-9,11-12,18H,7,10,13-16H2,(H,22,24). The highest BCUT2D eigenvalue weighted by atomic mass is 16.2. The van der Waals surface area contributed by atoms with Crippen LogP contribution >= 0.6 is 0 Å². The van der Waals surface area contributed by atoms with Gasteiger partial charge >= 0.3 is 0 Å². The van der Waals surface area contributed by atoms with Gasteiger partial charge in [0.15, 0.2) is 0 Å². The minimum absolute atomic E-state index is 0.216. The molecule has 3 heteroatoms. The molecule has 3 nitrogen and oxygen atoms in total. The smallest absolute Gasteiger partial charge is 0.230 e. The van der Waals surface area contributed by atoms with Crippen molar-refractivity contribution in [2.24, 2.45) is 0 Å². The molecule has 1 saturated carbocycles. The van der Waals surface area contributed by atoms with Gasteiger partial charge in [0.05, 0.1) is 5.41 Å². The van der Waals surface area contributed by atoms with Crippen molar-refractivity contribution in [3.05, 3.63) is 66.2 Å². The Bertz CT molecular complexity index is 694. The lowest BCUT2D eigenvalue weighted by Gasteiger charge is -2.35. The normalized spacial score (nSPS) is 22.0. The van der Waals surface area contributed by atoms with Gasteiger partial charge in [-0.1, -0.05) is 48.5 Å². The SMILES string of the molecule is O=C(NC1CCCN(c2ccccc2)C1)C1(c2ccccc2)CC1. The van der Waals surface area contributed by atoms with Crippen molar-refractivity contribution in [3.63, 3.8) is 0 Å². The van der Waals surface area contributed by atoms with Crippen LogP contribution < -0.4 is 10.2 Å². The van der Waals surface area contributed by atoms with Crippen molar-refractivity contribution in [2.45, 2.75) is 37.1 Å². The zero-order valence-corrected chi connectivity index (χ0v) is 13.9. The predicted molar refractivity (Wildman–Crippen MR) is 97.2 cm³/mol. The van der Waals surface area contributed by atoms with E-state index in [9.17, 15) is 4.79 Å². The first-order valence-electron chi connectivity index (χ1n) is 8.94. The molecule has 0 bridgehead atoms. The highest BCUT2D eigenvalue weighted by Crippen LogP contribution is 2.48. The number of carbonyl (C=O) groups excluding carboxylic acids is 1. The lowest BCUT2D eigenvalue weighted by Crippen LogP contribution is -2.50. The molecule has 1 aliphatic heterocycles. The summed E-state index contributed by atoms with van der Waals surface area (Å²) in [6.07, 6.45) is 4.13. The van der Waals surface area contributed by atoms with Crippen molar-refractivity contribution in [2.75, 3.05) is 18.0 Å². The summed E-state index contributed by atoms with van der Waals surface area (Å²) in [4.78, 5) is 15.3.